The van der Waals surface area contributed by atoms with Crippen LogP contribution in [0.15, 0.2) is 36.4 Å². The van der Waals surface area contributed by atoms with E-state index >= 15 is 0 Å². The molecule has 7 heteroatoms. The zero-order valence-electron chi connectivity index (χ0n) is 24.0. The Labute approximate surface area is 227 Å². The van der Waals surface area contributed by atoms with E-state index < -0.39 is 12.8 Å². The van der Waals surface area contributed by atoms with Crippen molar-refractivity contribution in [3.8, 4) is 11.5 Å². The van der Waals surface area contributed by atoms with Gasteiger partial charge < -0.3 is 20.5 Å². The SMILES string of the molecule is CCC(Oc1ccc(C(C)(C)CC)cc1C(C)(C)CC)C(=O)Nc1cccc(O)c1NC(=O)CCCCF. The van der Waals surface area contributed by atoms with Gasteiger partial charge in [0.1, 0.15) is 17.2 Å². The molecule has 210 valence electrons. The van der Waals surface area contributed by atoms with Gasteiger partial charge in [0.25, 0.3) is 5.91 Å². The molecule has 0 spiro atoms. The largest absolute Gasteiger partial charge is 0.506 e. The maximum atomic E-state index is 13.3. The molecule has 6 nitrogen and oxygen atoms in total. The number of halogens is 1. The van der Waals surface area contributed by atoms with Gasteiger partial charge in [-0.25, -0.2) is 0 Å². The number of carbonyl (C=O) groups excluding carboxylic acids is 2. The number of ether oxygens (including phenoxy) is 1. The number of hydrogen-bond acceptors (Lipinski definition) is 4. The number of unbranched alkanes of at least 4 members (excludes halogenated alkanes) is 1. The Kier molecular flexibility index (Phi) is 11.2. The summed E-state index contributed by atoms with van der Waals surface area (Å²) in [5.74, 6) is -0.243. The minimum Gasteiger partial charge on any atom is -0.506 e. The number of aromatic hydroxyl groups is 1. The van der Waals surface area contributed by atoms with Crippen molar-refractivity contribution >= 4 is 23.2 Å². The van der Waals surface area contributed by atoms with Crippen LogP contribution in [0.5, 0.6) is 11.5 Å². The van der Waals surface area contributed by atoms with Gasteiger partial charge in [0.15, 0.2) is 6.10 Å². The Morgan fingerprint density at radius 3 is 2.26 bits per heavy atom. The Bertz CT molecular complexity index is 1100. The van der Waals surface area contributed by atoms with Crippen molar-refractivity contribution in [3.05, 3.63) is 47.5 Å². The van der Waals surface area contributed by atoms with Gasteiger partial charge in [-0.05, 0) is 66.7 Å². The first-order valence-electron chi connectivity index (χ1n) is 13.7. The zero-order valence-corrected chi connectivity index (χ0v) is 24.0. The predicted octanol–water partition coefficient (Wildman–Crippen LogP) is 7.64. The summed E-state index contributed by atoms with van der Waals surface area (Å²) < 4.78 is 18.7. The van der Waals surface area contributed by atoms with Crippen LogP contribution < -0.4 is 15.4 Å². The van der Waals surface area contributed by atoms with Crippen molar-refractivity contribution in [1.29, 1.82) is 0 Å². The predicted molar refractivity (Wildman–Crippen MR) is 153 cm³/mol. The van der Waals surface area contributed by atoms with Gasteiger partial charge in [0, 0.05) is 12.0 Å². The van der Waals surface area contributed by atoms with Crippen molar-refractivity contribution in [2.24, 2.45) is 0 Å². The molecule has 2 amide bonds. The lowest BCUT2D eigenvalue weighted by atomic mass is 9.76. The van der Waals surface area contributed by atoms with Crippen molar-refractivity contribution in [3.63, 3.8) is 0 Å². The quantitative estimate of drug-likeness (QED) is 0.174. The first-order valence-corrected chi connectivity index (χ1v) is 13.7. The average Bonchev–Trinajstić information content (AvgIpc) is 2.89. The topological polar surface area (TPSA) is 87.7 Å². The second kappa shape index (κ2) is 13.6. The van der Waals surface area contributed by atoms with Crippen LogP contribution in [-0.2, 0) is 20.4 Å². The van der Waals surface area contributed by atoms with Crippen molar-refractivity contribution in [1.82, 2.24) is 0 Å². The van der Waals surface area contributed by atoms with Gasteiger partial charge in [-0.1, -0.05) is 66.7 Å². The number of phenolic OH excluding ortho intramolecular Hbond substituents is 1. The van der Waals surface area contributed by atoms with Gasteiger partial charge in [0.05, 0.1) is 12.4 Å². The third-order valence-corrected chi connectivity index (χ3v) is 7.54. The number of para-hydroxylation sites is 1. The van der Waals surface area contributed by atoms with Crippen LogP contribution in [0.2, 0.25) is 0 Å². The van der Waals surface area contributed by atoms with E-state index in [9.17, 15) is 19.1 Å². The van der Waals surface area contributed by atoms with Crippen LogP contribution in [0.4, 0.5) is 15.8 Å². The number of nitrogens with one attached hydrogen (secondary N) is 2. The summed E-state index contributed by atoms with van der Waals surface area (Å²) in [5, 5.41) is 15.8. The number of amides is 2. The monoisotopic (exact) mass is 528 g/mol. The molecule has 2 aromatic rings. The molecule has 0 radical (unpaired) electrons. The second-order valence-electron chi connectivity index (χ2n) is 11.1. The normalized spacial score (nSPS) is 12.6. The minimum atomic E-state index is -0.790. The zero-order chi connectivity index (χ0) is 28.5. The molecule has 0 saturated heterocycles. The molecule has 0 aromatic heterocycles. The lowest BCUT2D eigenvalue weighted by molar-refractivity contribution is -0.123. The van der Waals surface area contributed by atoms with Crippen LogP contribution in [-0.4, -0.2) is 29.7 Å². The molecule has 0 bridgehead atoms. The lowest BCUT2D eigenvalue weighted by Crippen LogP contribution is -2.33. The number of carbonyl (C=O) groups is 2. The van der Waals surface area contributed by atoms with Crippen LogP contribution in [0.1, 0.15) is 98.1 Å². The maximum Gasteiger partial charge on any atom is 0.265 e. The van der Waals surface area contributed by atoms with E-state index in [4.69, 9.17) is 4.74 Å². The summed E-state index contributed by atoms with van der Waals surface area (Å²) in [5.41, 5.74) is 2.52. The molecule has 0 aliphatic rings. The van der Waals surface area contributed by atoms with E-state index in [2.05, 4.69) is 64.3 Å². The first-order chi connectivity index (χ1) is 17.9. The van der Waals surface area contributed by atoms with Gasteiger partial charge in [-0.2, -0.15) is 0 Å². The Morgan fingerprint density at radius 2 is 1.66 bits per heavy atom. The number of hydrogen-bond donors (Lipinski definition) is 3. The van der Waals surface area contributed by atoms with E-state index in [1.807, 2.05) is 13.0 Å². The number of rotatable bonds is 14. The molecule has 0 saturated carbocycles. The Balaban J connectivity index is 2.31. The van der Waals surface area contributed by atoms with Gasteiger partial charge >= 0.3 is 0 Å². The third kappa shape index (κ3) is 7.95. The van der Waals surface area contributed by atoms with Crippen LogP contribution in [0.3, 0.4) is 0 Å². The fourth-order valence-electron chi connectivity index (χ4n) is 4.02. The van der Waals surface area contributed by atoms with Crippen LogP contribution in [0, 0.1) is 0 Å². The number of phenols is 1. The molecule has 1 atom stereocenters. The summed E-state index contributed by atoms with van der Waals surface area (Å²) >= 11 is 0. The molecule has 3 N–H and O–H groups in total. The molecule has 0 fully saturated rings. The molecular weight excluding hydrogens is 483 g/mol. The summed E-state index contributed by atoms with van der Waals surface area (Å²) in [6.07, 6.45) is 2.34. The first kappa shape index (κ1) is 31.1. The fourth-order valence-corrected chi connectivity index (χ4v) is 4.02. The van der Waals surface area contributed by atoms with Crippen molar-refractivity contribution in [2.75, 3.05) is 17.3 Å². The Morgan fingerprint density at radius 1 is 0.974 bits per heavy atom. The second-order valence-corrected chi connectivity index (χ2v) is 11.1. The summed E-state index contributed by atoms with van der Waals surface area (Å²) in [6.45, 7) is 14.5. The van der Waals surface area contributed by atoms with Crippen molar-refractivity contribution in [2.45, 2.75) is 104 Å². The molecule has 2 rings (SSSR count). The standard InChI is InChI=1S/C31H45FN2O4/c1-8-25(38-26-18-17-21(30(4,5)9-2)20-22(26)31(6,7)10-3)29(37)33-23-14-13-15-24(35)28(23)34-27(36)16-11-12-19-32/h13-15,17-18,20,25,35H,8-12,16,19H2,1-7H3,(H,33,37)(H,34,36). The summed E-state index contributed by atoms with van der Waals surface area (Å²) in [7, 11) is 0. The Hall–Kier alpha value is -3.09. The minimum absolute atomic E-state index is 0.0145. The van der Waals surface area contributed by atoms with E-state index in [0.717, 1.165) is 18.4 Å². The van der Waals surface area contributed by atoms with Gasteiger partial charge in [0.2, 0.25) is 5.91 Å². The number of alkyl halides is 1. The lowest BCUT2D eigenvalue weighted by Gasteiger charge is -2.31. The molecule has 0 aliphatic carbocycles. The highest BCUT2D eigenvalue weighted by Crippen LogP contribution is 2.39. The smallest absolute Gasteiger partial charge is 0.265 e. The maximum absolute atomic E-state index is 13.3. The molecule has 38 heavy (non-hydrogen) atoms. The van der Waals surface area contributed by atoms with Crippen LogP contribution in [0.25, 0.3) is 0 Å². The van der Waals surface area contributed by atoms with E-state index in [0.29, 0.717) is 25.0 Å². The number of anilines is 2. The summed E-state index contributed by atoms with van der Waals surface area (Å²) in [4.78, 5) is 25.6. The summed E-state index contributed by atoms with van der Waals surface area (Å²) in [6, 6.07) is 10.9. The molecule has 0 aliphatic heterocycles. The van der Waals surface area contributed by atoms with E-state index in [1.165, 1.54) is 11.6 Å². The van der Waals surface area contributed by atoms with Gasteiger partial charge in [-0.3, -0.25) is 14.0 Å². The van der Waals surface area contributed by atoms with E-state index in [-0.39, 0.29) is 46.2 Å². The van der Waals surface area contributed by atoms with E-state index in [1.54, 1.807) is 12.1 Å². The average molecular weight is 529 g/mol. The molecule has 1 unspecified atom stereocenters. The molecule has 0 heterocycles. The highest BCUT2D eigenvalue weighted by atomic mass is 19.1. The molecule has 2 aromatic carbocycles. The van der Waals surface area contributed by atoms with Crippen LogP contribution >= 0.6 is 0 Å². The third-order valence-electron chi connectivity index (χ3n) is 7.54. The van der Waals surface area contributed by atoms with Crippen molar-refractivity contribution < 1.29 is 23.8 Å². The molecular formula is C31H45FN2O4. The van der Waals surface area contributed by atoms with Gasteiger partial charge in [-0.15, -0.1) is 0 Å². The highest BCUT2D eigenvalue weighted by Gasteiger charge is 2.29. The fraction of sp³-hybridized carbons (Fsp3) is 0.548. The number of benzene rings is 2. The highest BCUT2D eigenvalue weighted by molar-refractivity contribution is 6.02.